The van der Waals surface area contributed by atoms with Gasteiger partial charge in [-0.3, -0.25) is 0 Å². The van der Waals surface area contributed by atoms with Gasteiger partial charge in [0.05, 0.1) is 22.2 Å². The van der Waals surface area contributed by atoms with Gasteiger partial charge in [0, 0.05) is 38.4 Å². The van der Waals surface area contributed by atoms with Gasteiger partial charge in [-0.1, -0.05) is 31.2 Å². The fourth-order valence-electron chi connectivity index (χ4n) is 1.34. The van der Waals surface area contributed by atoms with Crippen LogP contribution in [0.1, 0.15) is 79.0 Å². The minimum atomic E-state index is -5.24. The van der Waals surface area contributed by atoms with Gasteiger partial charge in [0.1, 0.15) is 5.75 Å². The molecule has 1 saturated carbocycles. The normalized spacial score (nSPS) is 55.7. The van der Waals surface area contributed by atoms with Crippen molar-refractivity contribution in [3.05, 3.63) is 29.7 Å². The Labute approximate surface area is 159 Å². The lowest BCUT2D eigenvalue weighted by Crippen LogP contribution is -2.42. The van der Waals surface area contributed by atoms with E-state index >= 15 is 0 Å². The van der Waals surface area contributed by atoms with Crippen molar-refractivity contribution in [1.29, 1.82) is 0 Å². The third kappa shape index (κ3) is 3.53. The molecule has 1 aliphatic carbocycles. The molecule has 20 heavy (non-hydrogen) atoms. The van der Waals surface area contributed by atoms with Crippen molar-refractivity contribution in [3.63, 3.8) is 0 Å². The number of benzene rings is 1. The van der Waals surface area contributed by atoms with Gasteiger partial charge in [-0.15, -0.1) is 0 Å². The fourth-order valence-corrected chi connectivity index (χ4v) is 1.34. The van der Waals surface area contributed by atoms with Crippen LogP contribution >= 0.6 is 0 Å². The van der Waals surface area contributed by atoms with Crippen molar-refractivity contribution < 1.29 is 45.5 Å². The Morgan fingerprint density at radius 3 is 2.75 bits per heavy atom. The monoisotopic (exact) mass is 303 g/mol. The number of hydrogen-bond acceptors (Lipinski definition) is 3. The number of likely N-dealkylation sites (N-methyl/N-ethyl adjacent to an activating group) is 1. The third-order valence-electron chi connectivity index (χ3n) is 2.15. The number of methoxy groups -OCH3 is 1. The van der Waals surface area contributed by atoms with Crippen LogP contribution in [0.25, 0.3) is 0 Å². The molecule has 1 unspecified atom stereocenters. The van der Waals surface area contributed by atoms with Crippen LogP contribution in [0.3, 0.4) is 0 Å². The van der Waals surface area contributed by atoms with E-state index in [-0.39, 0.29) is 0 Å². The maximum absolute atomic E-state index is 12.2. The van der Waals surface area contributed by atoms with Gasteiger partial charge < -0.3 is 14.7 Å². The molecular formula is C17H27NO2. The highest BCUT2D eigenvalue weighted by molar-refractivity contribution is 5.31. The van der Waals surface area contributed by atoms with Gasteiger partial charge in [0.25, 0.3) is 0 Å². The lowest BCUT2D eigenvalue weighted by atomic mass is 9.72. The van der Waals surface area contributed by atoms with Crippen molar-refractivity contribution in [2.24, 2.45) is 0 Å². The predicted octanol–water partition coefficient (Wildman–Crippen LogP) is 3.04. The third-order valence-corrected chi connectivity index (χ3v) is 2.15. The largest absolute Gasteiger partial charge is 0.497 e. The van der Waals surface area contributed by atoms with Gasteiger partial charge in [-0.25, -0.2) is 0 Å². The highest BCUT2D eigenvalue weighted by Crippen LogP contribution is 2.40. The number of nitrogens with zero attached hydrogens (tertiary/aromatic N) is 1. The Morgan fingerprint density at radius 2 is 2.15 bits per heavy atom. The summed E-state index contributed by atoms with van der Waals surface area (Å²) >= 11 is 0. The average molecular weight is 304 g/mol. The lowest BCUT2D eigenvalue weighted by molar-refractivity contribution is -0.0277. The summed E-state index contributed by atoms with van der Waals surface area (Å²) in [5.74, 6) is -6.50. The van der Waals surface area contributed by atoms with Crippen LogP contribution in [-0.2, 0) is 0 Å². The van der Waals surface area contributed by atoms with Crippen LogP contribution < -0.4 is 4.74 Å². The molecule has 0 heterocycles. The molecule has 0 saturated heterocycles. The van der Waals surface area contributed by atoms with E-state index in [1.807, 2.05) is 0 Å². The Hall–Kier alpha value is -1.06. The molecule has 1 N–H and O–H groups in total. The van der Waals surface area contributed by atoms with Crippen LogP contribution in [0, 0.1) is 0 Å². The average Bonchev–Trinajstić information content (AvgIpc) is 2.80. The number of rotatable bonds is 5. The van der Waals surface area contributed by atoms with E-state index in [1.54, 1.807) is 0 Å². The maximum Gasteiger partial charge on any atom is 0.118 e. The minimum absolute atomic E-state index is 1.20. The highest BCUT2D eigenvalue weighted by atomic mass is 16.5. The van der Waals surface area contributed by atoms with E-state index in [9.17, 15) is 6.48 Å². The summed E-state index contributed by atoms with van der Waals surface area (Å²) in [7, 11) is -3.51. The predicted molar refractivity (Wildman–Crippen MR) is 82.3 cm³/mol. The summed E-state index contributed by atoms with van der Waals surface area (Å²) in [5, 5.41) is 12.2. The van der Waals surface area contributed by atoms with Crippen molar-refractivity contribution >= 4 is 0 Å². The molecule has 0 aromatic heterocycles. The zero-order valence-corrected chi connectivity index (χ0v) is 9.80. The molecule has 0 radical (unpaired) electrons. The lowest BCUT2D eigenvalue weighted by Gasteiger charge is -2.40. The molecular weight excluding hydrogens is 250 g/mol. The quantitative estimate of drug-likeness (QED) is 0.907. The first kappa shape index (κ1) is 2.89. The van der Waals surface area contributed by atoms with Gasteiger partial charge in [0.15, 0.2) is 0 Å². The standard InChI is InChI=1S/C17H27NO2/c1-18(2)13-16(17(19)11-5-4-6-12-17)14-7-9-15(20-3)10-8-14/h7-10,16,19H,4-6,11-13H2,1-3H3/i1D3,2D3,3D3,4D2,5D2,6D2,7D,8D,9D,10D,11D2,12D2,13D2,16D. The van der Waals surface area contributed by atoms with Gasteiger partial charge in [0.2, 0.25) is 0 Å². The maximum atomic E-state index is 12.2. The first-order valence-electron chi connectivity index (χ1n) is 18.1. The van der Waals surface area contributed by atoms with Gasteiger partial charge >= 0.3 is 0 Å². The first-order chi connectivity index (χ1) is 19.7. The molecule has 0 bridgehead atoms. The smallest absolute Gasteiger partial charge is 0.118 e. The molecule has 0 amide bonds. The Bertz CT molecular complexity index is 1300. The van der Waals surface area contributed by atoms with E-state index in [0.29, 0.717) is 0 Å². The molecule has 3 nitrogen and oxygen atoms in total. The van der Waals surface area contributed by atoms with Crippen molar-refractivity contribution in [1.82, 2.24) is 4.90 Å². The molecule has 3 heteroatoms. The second kappa shape index (κ2) is 6.59. The van der Waals surface area contributed by atoms with E-state index in [1.165, 1.54) is 0 Å². The molecule has 1 aliphatic rings. The van der Waals surface area contributed by atoms with Gasteiger partial charge in [-0.2, -0.15) is 0 Å². The van der Waals surface area contributed by atoms with E-state index < -0.39 is 111 Å². The zero-order valence-electron chi connectivity index (χ0n) is 35.8. The second-order valence-corrected chi connectivity index (χ2v) is 3.46. The topological polar surface area (TPSA) is 32.7 Å². The summed E-state index contributed by atoms with van der Waals surface area (Å²) in [6.07, 6.45) is -23.1. The first-order valence-corrected chi connectivity index (χ1v) is 5.05. The fraction of sp³-hybridized carbons (Fsp3) is 0.647. The Kier molecular flexibility index (Phi) is 0.952. The van der Waals surface area contributed by atoms with Gasteiger partial charge in [-0.05, 0) is 44.3 Å². The molecule has 1 aromatic carbocycles. The summed E-state index contributed by atoms with van der Waals surface area (Å²) in [6.45, 7) is -13.5. The molecule has 0 spiro atoms. The summed E-state index contributed by atoms with van der Waals surface area (Å²) in [4.78, 5) is -1.20. The van der Waals surface area contributed by atoms with Crippen molar-refractivity contribution in [2.45, 2.75) is 43.4 Å². The van der Waals surface area contributed by atoms with Crippen LogP contribution in [0.2, 0.25) is 0 Å². The molecule has 1 aromatic rings. The summed E-state index contributed by atoms with van der Waals surface area (Å²) < 4.78 is 215. The molecule has 112 valence electrons. The zero-order chi connectivity index (χ0) is 37.2. The SMILES string of the molecule is [2H]c1c([2H])c(C([2H])(C([2H])([2H])N(C([2H])([2H])[2H])C([2H])([2H])[2H])C2(O)C([2H])([2H])C([2H])([2H])C([2H])([2H])C([2H])([2H])C2([2H])[2H])c([2H])c([2H])c1OC([2H])([2H])[2H]. The van der Waals surface area contributed by atoms with Crippen molar-refractivity contribution in [3.8, 4) is 5.75 Å². The Morgan fingerprint density at radius 1 is 1.45 bits per heavy atom. The highest BCUT2D eigenvalue weighted by Gasteiger charge is 2.38. The Balaban J connectivity index is 3.54. The molecule has 2 rings (SSSR count). The minimum Gasteiger partial charge on any atom is -0.497 e. The van der Waals surface area contributed by atoms with Crippen LogP contribution in [0.4, 0.5) is 0 Å². The number of ether oxygens (including phenoxy) is 1. The molecule has 1 fully saturated rings. The van der Waals surface area contributed by atoms with Crippen LogP contribution in [-0.4, -0.2) is 43.1 Å². The van der Waals surface area contributed by atoms with Crippen LogP contribution in [0.15, 0.2) is 24.2 Å². The second-order valence-electron chi connectivity index (χ2n) is 3.46. The van der Waals surface area contributed by atoms with Crippen molar-refractivity contribution in [2.75, 3.05) is 27.5 Å². The van der Waals surface area contributed by atoms with Crippen LogP contribution in [0.5, 0.6) is 5.75 Å². The van der Waals surface area contributed by atoms with E-state index in [0.717, 1.165) is 0 Å². The van der Waals surface area contributed by atoms with E-state index in [2.05, 4.69) is 4.74 Å². The molecule has 0 aliphatic heterocycles. The van der Waals surface area contributed by atoms with E-state index in [4.69, 9.17) is 34.3 Å². The summed E-state index contributed by atoms with van der Waals surface area (Å²) in [6, 6.07) is -7.08. The number of hydrogen-bond donors (Lipinski definition) is 1. The molecule has 1 atom stereocenters. The summed E-state index contributed by atoms with van der Waals surface area (Å²) in [5.41, 5.74) is -7.34. The number of aliphatic hydroxyl groups is 1.